The monoisotopic (exact) mass is 562 g/mol. The smallest absolute Gasteiger partial charge is 0.326 e. The van der Waals surface area contributed by atoms with Gasteiger partial charge < -0.3 is 19.7 Å². The number of amides is 3. The first kappa shape index (κ1) is 28.9. The number of fused-ring (bicyclic) bond motifs is 3. The molecule has 3 amide bonds. The molecule has 5 rings (SSSR count). The Bertz CT molecular complexity index is 1310. The quantitative estimate of drug-likeness (QED) is 0.451. The number of hydrazine groups is 1. The SMILES string of the molecule is CCOc1cc2c(cc1OC)C1CC(=Nc3c(C)cc(C)cc3C)N(CCNC(=O)C3CCNN3)C(=O)N1CCC2. The molecule has 10 heteroatoms. The van der Waals surface area contributed by atoms with Crippen molar-refractivity contribution in [2.45, 2.75) is 65.5 Å². The van der Waals surface area contributed by atoms with Gasteiger partial charge in [0, 0.05) is 32.6 Å². The van der Waals surface area contributed by atoms with Crippen molar-refractivity contribution < 1.29 is 19.1 Å². The molecule has 0 saturated carbocycles. The summed E-state index contributed by atoms with van der Waals surface area (Å²) in [6.07, 6.45) is 2.99. The third-order valence-corrected chi connectivity index (χ3v) is 8.13. The number of amidine groups is 1. The van der Waals surface area contributed by atoms with Crippen LogP contribution in [-0.2, 0) is 11.2 Å². The fourth-order valence-corrected chi connectivity index (χ4v) is 6.24. The molecule has 2 atom stereocenters. The number of rotatable bonds is 8. The molecule has 3 aliphatic rings. The third-order valence-electron chi connectivity index (χ3n) is 8.13. The molecular formula is C31H42N6O4. The number of urea groups is 1. The molecule has 41 heavy (non-hydrogen) atoms. The second-order valence-corrected chi connectivity index (χ2v) is 11.1. The maximum absolute atomic E-state index is 14.2. The zero-order chi connectivity index (χ0) is 29.1. The number of benzene rings is 2. The predicted octanol–water partition coefficient (Wildman–Crippen LogP) is 3.85. The summed E-state index contributed by atoms with van der Waals surface area (Å²) in [7, 11) is 1.65. The summed E-state index contributed by atoms with van der Waals surface area (Å²) in [5, 5.41) is 3.00. The molecule has 3 aliphatic heterocycles. The molecule has 2 fully saturated rings. The number of aryl methyl sites for hydroxylation is 4. The maximum Gasteiger partial charge on any atom is 0.326 e. The van der Waals surface area contributed by atoms with E-state index in [1.807, 2.05) is 17.9 Å². The number of hydrogen-bond donors (Lipinski definition) is 3. The second kappa shape index (κ2) is 12.5. The van der Waals surface area contributed by atoms with Crippen molar-refractivity contribution in [3.63, 3.8) is 0 Å². The molecule has 10 nitrogen and oxygen atoms in total. The van der Waals surface area contributed by atoms with E-state index in [1.54, 1.807) is 12.0 Å². The van der Waals surface area contributed by atoms with Crippen molar-refractivity contribution in [3.05, 3.63) is 52.1 Å². The summed E-state index contributed by atoms with van der Waals surface area (Å²) in [6.45, 7) is 10.8. The molecule has 3 heterocycles. The normalized spacial score (nSPS) is 21.4. The molecule has 2 aromatic rings. The fraction of sp³-hybridized carbons (Fsp3) is 0.516. The third kappa shape index (κ3) is 6.04. The first-order chi connectivity index (χ1) is 19.8. The van der Waals surface area contributed by atoms with Gasteiger partial charge in [-0.05, 0) is 81.3 Å². The molecule has 0 aromatic heterocycles. The number of aliphatic imine (C=N–C) groups is 1. The molecule has 2 aromatic carbocycles. The predicted molar refractivity (Wildman–Crippen MR) is 159 cm³/mol. The van der Waals surface area contributed by atoms with E-state index in [0.29, 0.717) is 44.2 Å². The summed E-state index contributed by atoms with van der Waals surface area (Å²) in [5.74, 6) is 2.04. The highest BCUT2D eigenvalue weighted by Gasteiger charge is 2.40. The van der Waals surface area contributed by atoms with E-state index >= 15 is 0 Å². The van der Waals surface area contributed by atoms with Gasteiger partial charge in [-0.3, -0.25) is 15.1 Å². The number of nitrogens with zero attached hydrogens (tertiary/aromatic N) is 3. The van der Waals surface area contributed by atoms with Crippen LogP contribution >= 0.6 is 0 Å². The van der Waals surface area contributed by atoms with Crippen molar-refractivity contribution in [1.29, 1.82) is 0 Å². The standard InChI is InChI=1S/C31H42N6O4/c1-6-41-27-16-22-8-7-12-36-25(23(22)17-26(27)40-5)18-28(34-29-20(3)14-19(2)15-21(29)4)37(31(36)39)13-11-32-30(38)24-9-10-33-35-24/h14-17,24-25,33,35H,6-13,18H2,1-5H3,(H,32,38). The summed E-state index contributed by atoms with van der Waals surface area (Å²) in [4.78, 5) is 35.7. The van der Waals surface area contributed by atoms with Crippen molar-refractivity contribution >= 4 is 23.5 Å². The van der Waals surface area contributed by atoms with Gasteiger partial charge in [-0.25, -0.2) is 15.2 Å². The summed E-state index contributed by atoms with van der Waals surface area (Å²) >= 11 is 0. The van der Waals surface area contributed by atoms with E-state index < -0.39 is 0 Å². The lowest BCUT2D eigenvalue weighted by atomic mass is 9.93. The van der Waals surface area contributed by atoms with Crippen molar-refractivity contribution in [2.24, 2.45) is 4.99 Å². The number of ether oxygens (including phenoxy) is 2. The Morgan fingerprint density at radius 1 is 1.15 bits per heavy atom. The van der Waals surface area contributed by atoms with Crippen LogP contribution in [-0.4, -0.2) is 73.5 Å². The van der Waals surface area contributed by atoms with Gasteiger partial charge in [0.05, 0.1) is 25.4 Å². The lowest BCUT2D eigenvalue weighted by molar-refractivity contribution is -0.122. The van der Waals surface area contributed by atoms with Crippen LogP contribution in [0.2, 0.25) is 0 Å². The molecule has 0 spiro atoms. The van der Waals surface area contributed by atoms with E-state index in [2.05, 4.69) is 55.1 Å². The summed E-state index contributed by atoms with van der Waals surface area (Å²) in [6, 6.07) is 7.84. The van der Waals surface area contributed by atoms with E-state index in [9.17, 15) is 9.59 Å². The van der Waals surface area contributed by atoms with Gasteiger partial charge in [0.15, 0.2) is 11.5 Å². The average Bonchev–Trinajstić information content (AvgIpc) is 3.42. The summed E-state index contributed by atoms with van der Waals surface area (Å²) in [5.41, 5.74) is 12.5. The van der Waals surface area contributed by atoms with Gasteiger partial charge in [-0.1, -0.05) is 17.7 Å². The fourth-order valence-electron chi connectivity index (χ4n) is 6.24. The minimum atomic E-state index is -0.263. The Balaban J connectivity index is 1.50. The van der Waals surface area contributed by atoms with Crippen LogP contribution in [0.1, 0.15) is 60.0 Å². The van der Waals surface area contributed by atoms with E-state index in [1.165, 1.54) is 11.1 Å². The van der Waals surface area contributed by atoms with Crippen LogP contribution in [0, 0.1) is 20.8 Å². The molecule has 0 aliphatic carbocycles. The van der Waals surface area contributed by atoms with Gasteiger partial charge in [0.25, 0.3) is 0 Å². The lowest BCUT2D eigenvalue weighted by Gasteiger charge is -2.42. The summed E-state index contributed by atoms with van der Waals surface area (Å²) < 4.78 is 11.6. The number of carbonyl (C=O) groups is 2. The van der Waals surface area contributed by atoms with E-state index in [4.69, 9.17) is 14.5 Å². The zero-order valence-electron chi connectivity index (χ0n) is 24.8. The van der Waals surface area contributed by atoms with Crippen LogP contribution in [0.4, 0.5) is 10.5 Å². The lowest BCUT2D eigenvalue weighted by Crippen LogP contribution is -2.55. The van der Waals surface area contributed by atoms with Crippen LogP contribution in [0.3, 0.4) is 0 Å². The molecule has 220 valence electrons. The molecule has 0 radical (unpaired) electrons. The molecule has 2 unspecified atom stereocenters. The van der Waals surface area contributed by atoms with Crippen LogP contribution in [0.15, 0.2) is 29.3 Å². The van der Waals surface area contributed by atoms with Gasteiger partial charge in [-0.2, -0.15) is 0 Å². The largest absolute Gasteiger partial charge is 0.493 e. The van der Waals surface area contributed by atoms with E-state index in [-0.39, 0.29) is 24.0 Å². The molecule has 2 saturated heterocycles. The van der Waals surface area contributed by atoms with Gasteiger partial charge in [-0.15, -0.1) is 0 Å². The highest BCUT2D eigenvalue weighted by atomic mass is 16.5. The highest BCUT2D eigenvalue weighted by Crippen LogP contribution is 2.42. The Morgan fingerprint density at radius 3 is 2.61 bits per heavy atom. The molecular weight excluding hydrogens is 520 g/mol. The number of hydrogen-bond acceptors (Lipinski definition) is 7. The minimum absolute atomic E-state index is 0.0676. The molecule has 3 N–H and O–H groups in total. The first-order valence-corrected chi connectivity index (χ1v) is 14.6. The average molecular weight is 563 g/mol. The van der Waals surface area contributed by atoms with Crippen LogP contribution < -0.4 is 25.6 Å². The van der Waals surface area contributed by atoms with Gasteiger partial charge in [0.2, 0.25) is 5.91 Å². The van der Waals surface area contributed by atoms with Crippen molar-refractivity contribution in [2.75, 3.05) is 39.9 Å². The van der Waals surface area contributed by atoms with Crippen molar-refractivity contribution in [1.82, 2.24) is 26.0 Å². The number of nitrogens with one attached hydrogen (secondary N) is 3. The van der Waals surface area contributed by atoms with Gasteiger partial charge in [0.1, 0.15) is 11.9 Å². The first-order valence-electron chi connectivity index (χ1n) is 14.6. The zero-order valence-corrected chi connectivity index (χ0v) is 24.8. The topological polar surface area (TPSA) is 108 Å². The Labute approximate surface area is 242 Å². The van der Waals surface area contributed by atoms with Crippen LogP contribution in [0.5, 0.6) is 11.5 Å². The van der Waals surface area contributed by atoms with E-state index in [0.717, 1.165) is 53.9 Å². The van der Waals surface area contributed by atoms with Crippen LogP contribution in [0.25, 0.3) is 0 Å². The Hall–Kier alpha value is -3.63. The number of carbonyl (C=O) groups excluding carboxylic acids is 2. The Kier molecular flexibility index (Phi) is 8.79. The molecule has 0 bridgehead atoms. The minimum Gasteiger partial charge on any atom is -0.493 e. The second-order valence-electron chi connectivity index (χ2n) is 11.1. The number of methoxy groups -OCH3 is 1. The maximum atomic E-state index is 14.2. The highest BCUT2D eigenvalue weighted by molar-refractivity contribution is 6.02. The van der Waals surface area contributed by atoms with Gasteiger partial charge >= 0.3 is 6.03 Å². The van der Waals surface area contributed by atoms with Crippen molar-refractivity contribution in [3.8, 4) is 11.5 Å². The Morgan fingerprint density at radius 2 is 1.93 bits per heavy atom.